The van der Waals surface area contributed by atoms with Gasteiger partial charge in [0.1, 0.15) is 5.75 Å². The van der Waals surface area contributed by atoms with Crippen LogP contribution >= 0.6 is 0 Å². The molecule has 2 aromatic rings. The summed E-state index contributed by atoms with van der Waals surface area (Å²) in [6.07, 6.45) is -0.430. The maximum Gasteiger partial charge on any atom is 0.118 e. The predicted molar refractivity (Wildman–Crippen MR) is 73.0 cm³/mol. The second-order valence-electron chi connectivity index (χ2n) is 4.40. The zero-order valence-electron chi connectivity index (χ0n) is 10.7. The van der Waals surface area contributed by atoms with Crippen LogP contribution in [0.15, 0.2) is 54.6 Å². The third-order valence-corrected chi connectivity index (χ3v) is 3.12. The van der Waals surface area contributed by atoms with Gasteiger partial charge in [0.05, 0.1) is 13.2 Å². The number of hydrogen-bond donors (Lipinski definition) is 1. The first-order valence-corrected chi connectivity index (χ1v) is 6.09. The smallest absolute Gasteiger partial charge is 0.118 e. The van der Waals surface area contributed by atoms with Gasteiger partial charge in [-0.25, -0.2) is 0 Å². The fourth-order valence-electron chi connectivity index (χ4n) is 2.22. The van der Waals surface area contributed by atoms with Crippen molar-refractivity contribution >= 4 is 0 Å². The van der Waals surface area contributed by atoms with E-state index in [9.17, 15) is 5.11 Å². The molecule has 0 amide bonds. The molecule has 2 unspecified atom stereocenters. The molecule has 0 saturated heterocycles. The Balaban J connectivity index is 2.36. The Bertz CT molecular complexity index is 474. The molecule has 0 bridgehead atoms. The summed E-state index contributed by atoms with van der Waals surface area (Å²) in [6, 6.07) is 17.9. The molecule has 0 aromatic heterocycles. The van der Waals surface area contributed by atoms with Crippen LogP contribution in [0.2, 0.25) is 0 Å². The maximum absolute atomic E-state index is 10.0. The van der Waals surface area contributed by atoms with E-state index in [4.69, 9.17) is 4.74 Å². The van der Waals surface area contributed by atoms with Crippen molar-refractivity contribution in [3.63, 3.8) is 0 Å². The summed E-state index contributed by atoms with van der Waals surface area (Å²) in [5, 5.41) is 10.0. The van der Waals surface area contributed by atoms with Gasteiger partial charge in [0.15, 0.2) is 0 Å². The summed E-state index contributed by atoms with van der Waals surface area (Å²) in [6.45, 7) is 1.82. The molecule has 0 fully saturated rings. The molecule has 0 aliphatic rings. The van der Waals surface area contributed by atoms with Crippen LogP contribution < -0.4 is 4.74 Å². The summed E-state index contributed by atoms with van der Waals surface area (Å²) in [5.74, 6) is 0.827. The molecule has 2 nitrogen and oxygen atoms in total. The topological polar surface area (TPSA) is 29.5 Å². The van der Waals surface area contributed by atoms with E-state index in [-0.39, 0.29) is 5.92 Å². The molecule has 2 heteroatoms. The molecule has 0 saturated carbocycles. The molecular formula is C16H18O2. The van der Waals surface area contributed by atoms with E-state index in [0.29, 0.717) is 0 Å². The van der Waals surface area contributed by atoms with Gasteiger partial charge in [-0.15, -0.1) is 0 Å². The molecule has 1 N–H and O–H groups in total. The number of aliphatic hydroxyl groups is 1. The SMILES string of the molecule is COc1ccc(C(c2ccccc2)C(C)O)cc1. The summed E-state index contributed by atoms with van der Waals surface area (Å²) in [7, 11) is 1.65. The van der Waals surface area contributed by atoms with E-state index < -0.39 is 6.10 Å². The zero-order valence-corrected chi connectivity index (χ0v) is 10.7. The maximum atomic E-state index is 10.0. The summed E-state index contributed by atoms with van der Waals surface area (Å²) in [4.78, 5) is 0. The summed E-state index contributed by atoms with van der Waals surface area (Å²) < 4.78 is 5.15. The quantitative estimate of drug-likeness (QED) is 0.892. The second-order valence-corrected chi connectivity index (χ2v) is 4.40. The Morgan fingerprint density at radius 1 is 0.889 bits per heavy atom. The van der Waals surface area contributed by atoms with Crippen molar-refractivity contribution in [3.05, 3.63) is 65.7 Å². The van der Waals surface area contributed by atoms with Crippen molar-refractivity contribution in [1.82, 2.24) is 0 Å². The van der Waals surface area contributed by atoms with Gasteiger partial charge in [0.25, 0.3) is 0 Å². The molecule has 0 radical (unpaired) electrons. The van der Waals surface area contributed by atoms with Crippen molar-refractivity contribution < 1.29 is 9.84 Å². The third kappa shape index (κ3) is 2.71. The standard InChI is InChI=1S/C16H18O2/c1-12(17)16(13-6-4-3-5-7-13)14-8-10-15(18-2)11-9-14/h3-12,16-17H,1-2H3. The van der Waals surface area contributed by atoms with Crippen LogP contribution in [0.5, 0.6) is 5.75 Å². The molecule has 2 atom stereocenters. The minimum absolute atomic E-state index is 0.00268. The van der Waals surface area contributed by atoms with Crippen molar-refractivity contribution in [1.29, 1.82) is 0 Å². The van der Waals surface area contributed by atoms with Crippen molar-refractivity contribution in [2.45, 2.75) is 18.9 Å². The van der Waals surface area contributed by atoms with Crippen LogP contribution in [0.4, 0.5) is 0 Å². The molecule has 2 aromatic carbocycles. The van der Waals surface area contributed by atoms with Crippen LogP contribution in [0.25, 0.3) is 0 Å². The van der Waals surface area contributed by atoms with Crippen LogP contribution in [-0.2, 0) is 0 Å². The minimum atomic E-state index is -0.430. The molecule has 0 heterocycles. The zero-order chi connectivity index (χ0) is 13.0. The lowest BCUT2D eigenvalue weighted by atomic mass is 9.87. The first-order valence-electron chi connectivity index (χ1n) is 6.09. The molecule has 18 heavy (non-hydrogen) atoms. The van der Waals surface area contributed by atoms with E-state index >= 15 is 0 Å². The van der Waals surface area contributed by atoms with Crippen LogP contribution in [-0.4, -0.2) is 18.3 Å². The largest absolute Gasteiger partial charge is 0.497 e. The number of methoxy groups -OCH3 is 1. The average Bonchev–Trinajstić information content (AvgIpc) is 2.40. The first-order chi connectivity index (χ1) is 8.72. The monoisotopic (exact) mass is 242 g/mol. The van der Waals surface area contributed by atoms with Crippen LogP contribution in [0.1, 0.15) is 24.0 Å². The van der Waals surface area contributed by atoms with E-state index in [1.807, 2.05) is 61.5 Å². The van der Waals surface area contributed by atoms with E-state index in [2.05, 4.69) is 0 Å². The van der Waals surface area contributed by atoms with Gasteiger partial charge in [-0.3, -0.25) is 0 Å². The van der Waals surface area contributed by atoms with E-state index in [1.165, 1.54) is 0 Å². The highest BCUT2D eigenvalue weighted by atomic mass is 16.5. The molecule has 2 rings (SSSR count). The second kappa shape index (κ2) is 5.69. The van der Waals surface area contributed by atoms with Crippen molar-refractivity contribution in [2.24, 2.45) is 0 Å². The number of hydrogen-bond acceptors (Lipinski definition) is 2. The van der Waals surface area contributed by atoms with Gasteiger partial charge >= 0.3 is 0 Å². The molecular weight excluding hydrogens is 224 g/mol. The van der Waals surface area contributed by atoms with Gasteiger partial charge in [0, 0.05) is 5.92 Å². The van der Waals surface area contributed by atoms with Gasteiger partial charge in [-0.05, 0) is 30.2 Å². The van der Waals surface area contributed by atoms with Gasteiger partial charge in [0.2, 0.25) is 0 Å². The lowest BCUT2D eigenvalue weighted by Crippen LogP contribution is -2.15. The summed E-state index contributed by atoms with van der Waals surface area (Å²) in [5.41, 5.74) is 2.22. The number of aliphatic hydroxyl groups excluding tert-OH is 1. The molecule has 0 spiro atoms. The fourth-order valence-corrected chi connectivity index (χ4v) is 2.22. The van der Waals surface area contributed by atoms with E-state index in [1.54, 1.807) is 7.11 Å². The molecule has 0 aliphatic heterocycles. The Kier molecular flexibility index (Phi) is 4.00. The Hall–Kier alpha value is -1.80. The van der Waals surface area contributed by atoms with E-state index in [0.717, 1.165) is 16.9 Å². The highest BCUT2D eigenvalue weighted by Crippen LogP contribution is 2.29. The lowest BCUT2D eigenvalue weighted by molar-refractivity contribution is 0.176. The Morgan fingerprint density at radius 3 is 1.94 bits per heavy atom. The van der Waals surface area contributed by atoms with Gasteiger partial charge in [-0.1, -0.05) is 42.5 Å². The predicted octanol–water partition coefficient (Wildman–Crippen LogP) is 3.21. The lowest BCUT2D eigenvalue weighted by Gasteiger charge is -2.21. The number of ether oxygens (including phenoxy) is 1. The van der Waals surface area contributed by atoms with Crippen molar-refractivity contribution in [2.75, 3.05) is 7.11 Å². The number of benzene rings is 2. The fraction of sp³-hybridized carbons (Fsp3) is 0.250. The highest BCUT2D eigenvalue weighted by molar-refractivity contribution is 5.36. The average molecular weight is 242 g/mol. The van der Waals surface area contributed by atoms with Crippen molar-refractivity contribution in [3.8, 4) is 5.75 Å². The minimum Gasteiger partial charge on any atom is -0.497 e. The molecule has 0 aliphatic carbocycles. The Labute approximate surface area is 108 Å². The van der Waals surface area contributed by atoms with Gasteiger partial charge in [-0.2, -0.15) is 0 Å². The number of rotatable bonds is 4. The first kappa shape index (κ1) is 12.7. The van der Waals surface area contributed by atoms with Crippen LogP contribution in [0.3, 0.4) is 0 Å². The van der Waals surface area contributed by atoms with Gasteiger partial charge < -0.3 is 9.84 Å². The third-order valence-electron chi connectivity index (χ3n) is 3.12. The highest BCUT2D eigenvalue weighted by Gasteiger charge is 2.19. The molecule has 94 valence electrons. The normalized spacial score (nSPS) is 13.9. The Morgan fingerprint density at radius 2 is 1.44 bits per heavy atom. The summed E-state index contributed by atoms with van der Waals surface area (Å²) >= 11 is 0. The van der Waals surface area contributed by atoms with Crippen LogP contribution in [0, 0.1) is 0 Å².